The lowest BCUT2D eigenvalue weighted by Crippen LogP contribution is -2.40. The van der Waals surface area contributed by atoms with Gasteiger partial charge in [0.15, 0.2) is 0 Å². The number of aliphatic imine (C=N–C) groups is 1. The highest BCUT2D eigenvalue weighted by atomic mass is 16.1. The number of carbonyl (C=O) groups excluding carboxylic acids is 1. The van der Waals surface area contributed by atoms with E-state index in [2.05, 4.69) is 46.2 Å². The van der Waals surface area contributed by atoms with E-state index in [4.69, 9.17) is 4.99 Å². The van der Waals surface area contributed by atoms with Crippen LogP contribution in [-0.2, 0) is 4.79 Å². The molecule has 2 aromatic carbocycles. The first kappa shape index (κ1) is 16.5. The lowest BCUT2D eigenvalue weighted by molar-refractivity contribution is -0.121. The van der Waals surface area contributed by atoms with E-state index >= 15 is 0 Å². The number of carbonyl (C=O) groups is 1. The normalized spacial score (nSPS) is 23.7. The van der Waals surface area contributed by atoms with E-state index in [1.807, 2.05) is 31.2 Å². The molecule has 2 aromatic rings. The summed E-state index contributed by atoms with van der Waals surface area (Å²) in [5.74, 6) is 0.105. The van der Waals surface area contributed by atoms with Crippen molar-refractivity contribution in [3.63, 3.8) is 0 Å². The molecule has 0 fully saturated rings. The van der Waals surface area contributed by atoms with Crippen LogP contribution in [0.2, 0.25) is 0 Å². The number of amides is 1. The molecule has 2 aliphatic rings. The van der Waals surface area contributed by atoms with Crippen LogP contribution in [-0.4, -0.2) is 36.5 Å². The fourth-order valence-corrected chi connectivity index (χ4v) is 3.90. The van der Waals surface area contributed by atoms with Gasteiger partial charge in [-0.3, -0.25) is 9.79 Å². The molecule has 5 heteroatoms. The first-order valence-corrected chi connectivity index (χ1v) is 8.92. The zero-order valence-corrected chi connectivity index (χ0v) is 14.9. The average Bonchev–Trinajstić information content (AvgIpc) is 3.00. The van der Waals surface area contributed by atoms with E-state index in [0.29, 0.717) is 6.42 Å². The van der Waals surface area contributed by atoms with Crippen molar-refractivity contribution in [3.05, 3.63) is 71.3 Å². The maximum absolute atomic E-state index is 12.1. The Labute approximate surface area is 153 Å². The molecular formula is C21H22N4O. The molecule has 0 saturated carbocycles. The minimum atomic E-state index is -0.191. The van der Waals surface area contributed by atoms with Crippen molar-refractivity contribution in [2.75, 3.05) is 7.05 Å². The van der Waals surface area contributed by atoms with Crippen LogP contribution in [0.5, 0.6) is 0 Å². The van der Waals surface area contributed by atoms with E-state index in [9.17, 15) is 4.79 Å². The Kier molecular flexibility index (Phi) is 4.29. The zero-order chi connectivity index (χ0) is 18.1. The van der Waals surface area contributed by atoms with Gasteiger partial charge in [0.25, 0.3) is 0 Å². The first-order chi connectivity index (χ1) is 12.7. The Morgan fingerprint density at radius 3 is 2.62 bits per heavy atom. The monoisotopic (exact) mass is 346 g/mol. The summed E-state index contributed by atoms with van der Waals surface area (Å²) in [5.41, 5.74) is 8.62. The van der Waals surface area contributed by atoms with Gasteiger partial charge in [-0.05, 0) is 12.5 Å². The van der Waals surface area contributed by atoms with Gasteiger partial charge in [-0.15, -0.1) is 0 Å². The molecule has 132 valence electrons. The van der Waals surface area contributed by atoms with Crippen LogP contribution in [0.3, 0.4) is 0 Å². The number of fused-ring (bicyclic) bond motifs is 3. The van der Waals surface area contributed by atoms with Gasteiger partial charge in [0.05, 0.1) is 24.2 Å². The third-order valence-corrected chi connectivity index (χ3v) is 5.18. The van der Waals surface area contributed by atoms with Crippen molar-refractivity contribution < 1.29 is 4.79 Å². The van der Waals surface area contributed by atoms with Gasteiger partial charge in [0, 0.05) is 29.8 Å². The van der Waals surface area contributed by atoms with Crippen molar-refractivity contribution in [1.29, 1.82) is 0 Å². The second-order valence-corrected chi connectivity index (χ2v) is 6.76. The second-order valence-electron chi connectivity index (χ2n) is 6.76. The molecule has 0 radical (unpaired) electrons. The predicted molar refractivity (Wildman–Crippen MR) is 104 cm³/mol. The summed E-state index contributed by atoms with van der Waals surface area (Å²) in [6.07, 6.45) is 0.331. The Balaban J connectivity index is 1.89. The molecule has 0 bridgehead atoms. The van der Waals surface area contributed by atoms with Gasteiger partial charge in [0.2, 0.25) is 5.91 Å². The predicted octanol–water partition coefficient (Wildman–Crippen LogP) is 2.47. The first-order valence-electron chi connectivity index (χ1n) is 8.92. The minimum absolute atomic E-state index is 0.0118. The third-order valence-electron chi connectivity index (χ3n) is 5.18. The molecule has 1 amide bonds. The highest BCUT2D eigenvalue weighted by Gasteiger charge is 2.41. The lowest BCUT2D eigenvalue weighted by Gasteiger charge is -2.24. The van der Waals surface area contributed by atoms with Crippen LogP contribution in [0.15, 0.2) is 64.7 Å². The molecule has 2 aliphatic heterocycles. The topological polar surface area (TPSA) is 65.8 Å². The molecule has 3 atom stereocenters. The van der Waals surface area contributed by atoms with E-state index in [-0.39, 0.29) is 23.9 Å². The standard InChI is InChI=1S/C21H22N4O/c1-13-19-15-10-6-7-11-16(15)20(14-8-4-3-5-9-14)23-17(12-18(26)22-2)21(19)25-24-13/h3-11,17,19,21,25H,12H2,1-2H3,(H,22,26)/t17-,19?,21?/m0/s1. The van der Waals surface area contributed by atoms with Crippen molar-refractivity contribution in [1.82, 2.24) is 10.7 Å². The van der Waals surface area contributed by atoms with Crippen LogP contribution >= 0.6 is 0 Å². The van der Waals surface area contributed by atoms with Crippen LogP contribution in [0, 0.1) is 0 Å². The summed E-state index contributed by atoms with van der Waals surface area (Å²) in [7, 11) is 1.66. The Morgan fingerprint density at radius 2 is 1.85 bits per heavy atom. The Hall–Kier alpha value is -2.95. The fourth-order valence-electron chi connectivity index (χ4n) is 3.90. The number of hydrazone groups is 1. The van der Waals surface area contributed by atoms with Gasteiger partial charge >= 0.3 is 0 Å². The van der Waals surface area contributed by atoms with Crippen molar-refractivity contribution in [2.24, 2.45) is 10.1 Å². The van der Waals surface area contributed by atoms with Crippen molar-refractivity contribution in [3.8, 4) is 0 Å². The Bertz CT molecular complexity index is 888. The molecule has 2 unspecified atom stereocenters. The minimum Gasteiger partial charge on any atom is -0.359 e. The highest BCUT2D eigenvalue weighted by molar-refractivity contribution is 6.15. The molecule has 5 nitrogen and oxygen atoms in total. The summed E-state index contributed by atoms with van der Waals surface area (Å²) < 4.78 is 0. The molecule has 2 heterocycles. The highest BCUT2D eigenvalue weighted by Crippen LogP contribution is 2.36. The number of hydrogen-bond donors (Lipinski definition) is 2. The van der Waals surface area contributed by atoms with Crippen molar-refractivity contribution in [2.45, 2.75) is 31.3 Å². The van der Waals surface area contributed by atoms with Crippen LogP contribution < -0.4 is 10.7 Å². The summed E-state index contributed by atoms with van der Waals surface area (Å²) in [4.78, 5) is 17.2. The fraction of sp³-hybridized carbons (Fsp3) is 0.286. The van der Waals surface area contributed by atoms with Gasteiger partial charge in [0.1, 0.15) is 0 Å². The maximum Gasteiger partial charge on any atom is 0.221 e. The molecule has 26 heavy (non-hydrogen) atoms. The largest absolute Gasteiger partial charge is 0.359 e. The number of benzene rings is 2. The van der Waals surface area contributed by atoms with Gasteiger partial charge in [-0.1, -0.05) is 54.6 Å². The molecule has 4 rings (SSSR count). The number of nitrogens with zero attached hydrogens (tertiary/aromatic N) is 2. The van der Waals surface area contributed by atoms with E-state index < -0.39 is 0 Å². The van der Waals surface area contributed by atoms with Crippen LogP contribution in [0.25, 0.3) is 0 Å². The zero-order valence-electron chi connectivity index (χ0n) is 14.9. The van der Waals surface area contributed by atoms with E-state index in [1.54, 1.807) is 7.05 Å². The van der Waals surface area contributed by atoms with E-state index in [0.717, 1.165) is 22.6 Å². The molecule has 2 N–H and O–H groups in total. The molecule has 0 spiro atoms. The molecule has 0 saturated heterocycles. The summed E-state index contributed by atoms with van der Waals surface area (Å²) in [6.45, 7) is 2.04. The average molecular weight is 346 g/mol. The summed E-state index contributed by atoms with van der Waals surface area (Å²) >= 11 is 0. The number of nitrogens with one attached hydrogen (secondary N) is 2. The van der Waals surface area contributed by atoms with E-state index in [1.165, 1.54) is 5.56 Å². The number of hydrogen-bond acceptors (Lipinski definition) is 4. The third kappa shape index (κ3) is 2.79. The van der Waals surface area contributed by atoms with Crippen LogP contribution in [0.4, 0.5) is 0 Å². The number of rotatable bonds is 3. The quantitative estimate of drug-likeness (QED) is 0.897. The van der Waals surface area contributed by atoms with Gasteiger partial charge < -0.3 is 10.7 Å². The molecular weight excluding hydrogens is 324 g/mol. The maximum atomic E-state index is 12.1. The smallest absolute Gasteiger partial charge is 0.221 e. The van der Waals surface area contributed by atoms with Crippen molar-refractivity contribution >= 4 is 17.3 Å². The summed E-state index contributed by atoms with van der Waals surface area (Å²) in [5, 5.41) is 7.19. The summed E-state index contributed by atoms with van der Waals surface area (Å²) in [6, 6.07) is 18.3. The van der Waals surface area contributed by atoms with Gasteiger partial charge in [-0.25, -0.2) is 0 Å². The Morgan fingerprint density at radius 1 is 1.12 bits per heavy atom. The van der Waals surface area contributed by atoms with Crippen LogP contribution in [0.1, 0.15) is 36.0 Å². The molecule has 0 aliphatic carbocycles. The lowest BCUT2D eigenvalue weighted by atomic mass is 9.82. The SMILES string of the molecule is CNC(=O)C[C@@H]1N=C(c2ccccc2)c2ccccc2C2C(C)=NNC21. The second kappa shape index (κ2) is 6.75. The van der Waals surface area contributed by atoms with Gasteiger partial charge in [-0.2, -0.15) is 5.10 Å². The molecule has 0 aromatic heterocycles.